The summed E-state index contributed by atoms with van der Waals surface area (Å²) < 4.78 is 79.0. The number of carbonyl (C=O) groups is 3. The zero-order valence-corrected chi connectivity index (χ0v) is 47.0. The van der Waals surface area contributed by atoms with Crippen molar-refractivity contribution in [1.82, 2.24) is 25.8 Å². The van der Waals surface area contributed by atoms with Gasteiger partial charge in [0, 0.05) is 44.7 Å². The van der Waals surface area contributed by atoms with Crippen molar-refractivity contribution in [1.29, 1.82) is 10.5 Å². The molecule has 0 bridgehead atoms. The van der Waals surface area contributed by atoms with Crippen LogP contribution in [0.4, 0.5) is 14.4 Å². The fourth-order valence-corrected chi connectivity index (χ4v) is 5.69. The van der Waals surface area contributed by atoms with E-state index in [1.54, 1.807) is 12.1 Å². The van der Waals surface area contributed by atoms with Gasteiger partial charge in [-0.1, -0.05) is 26.7 Å². The molecule has 0 saturated carbocycles. The minimum atomic E-state index is -4.33. The molecule has 0 spiro atoms. The molecule has 0 aromatic heterocycles. The van der Waals surface area contributed by atoms with E-state index in [1.807, 2.05) is 47.2 Å². The summed E-state index contributed by atoms with van der Waals surface area (Å²) in [5.41, 5.74) is 0. The van der Waals surface area contributed by atoms with Crippen molar-refractivity contribution in [2.24, 2.45) is 0 Å². The molecule has 2 rings (SSSR count). The molecule has 0 aromatic rings. The number of likely N-dealkylation sites (N-methyl/N-ethyl adjacent to an activating group) is 1. The molecule has 3 amide bonds. The highest BCUT2D eigenvalue weighted by atomic mass is 35.7. The van der Waals surface area contributed by atoms with Crippen LogP contribution in [0, 0.1) is 22.7 Å². The monoisotopic (exact) mass is 1100 g/mol. The van der Waals surface area contributed by atoms with Gasteiger partial charge in [-0.05, 0) is 61.5 Å². The summed E-state index contributed by atoms with van der Waals surface area (Å²) in [6, 6.07) is 3.50. The van der Waals surface area contributed by atoms with Gasteiger partial charge in [0.25, 0.3) is 7.82 Å². The van der Waals surface area contributed by atoms with Crippen LogP contribution in [0.1, 0.15) is 27.2 Å². The number of aliphatic hydroxyl groups is 1. The van der Waals surface area contributed by atoms with Crippen molar-refractivity contribution in [2.75, 3.05) is 155 Å². The van der Waals surface area contributed by atoms with Gasteiger partial charge in [0.2, 0.25) is 0 Å². The van der Waals surface area contributed by atoms with Crippen molar-refractivity contribution < 1.29 is 88.4 Å². The predicted molar refractivity (Wildman–Crippen MR) is 266 cm³/mol. The van der Waals surface area contributed by atoms with Crippen molar-refractivity contribution in [3.63, 3.8) is 0 Å². The van der Waals surface area contributed by atoms with E-state index in [9.17, 15) is 33.0 Å². The standard InChI is InChI=1S/C10H21N2O6P.C7H12NO6P.C5H9NO3.C5H13N.C3H9N.C2H4ClO3P.2C2H3N.C2H7P/c1-5-16-10(13)11-6-8-17-19(14,15)18-9-7-12(2,3)4;1-2-11-7(9)8-3-4-12-15(10)13-5-6-14-15;1-2-9-5(8)6-3-4-7;1-4-5-6(2)3;1-4(2)3;3-7(4)5-1-2-6-7;2*1-2-3;1-3-2/h5H,1,6-9H2,2-4H3,(H-,11,13,14,15);2H,1,3-6H2,(H,8,9);2,7H,1,3-4H2,(H,6,8);4-5H2,1-3H3;1-3H3;1-2H2;2*1H3;3H,1-2H3. The third kappa shape index (κ3) is 85.2. The smallest absolute Gasteiger partial charge is 0.475 e. The number of nitrogens with zero attached hydrogens (tertiary/aromatic N) is 5. The Hall–Kier alpha value is -3.06. The van der Waals surface area contributed by atoms with E-state index in [2.05, 4.69) is 107 Å². The zero-order valence-electron chi connectivity index (χ0n) is 42.6. The van der Waals surface area contributed by atoms with E-state index in [-0.39, 0.29) is 59.3 Å². The van der Waals surface area contributed by atoms with E-state index in [0.717, 1.165) is 27.4 Å². The maximum absolute atomic E-state index is 11.4. The quantitative estimate of drug-likeness (QED) is 0.0411. The van der Waals surface area contributed by atoms with Crippen LogP contribution in [0.15, 0.2) is 38.5 Å². The number of alkyl carbamates (subject to hydrolysis) is 3. The van der Waals surface area contributed by atoms with E-state index in [1.165, 1.54) is 26.8 Å². The van der Waals surface area contributed by atoms with E-state index < -0.39 is 40.9 Å². The summed E-state index contributed by atoms with van der Waals surface area (Å²) in [4.78, 5) is 47.3. The normalized spacial score (nSPS) is 13.8. The number of quaternary nitrogens is 1. The molecule has 0 aliphatic carbocycles. The molecule has 1 unspecified atom stereocenters. The molecule has 69 heavy (non-hydrogen) atoms. The summed E-state index contributed by atoms with van der Waals surface area (Å²) in [5, 5.41) is 29.7. The lowest BCUT2D eigenvalue weighted by atomic mass is 10.5. The van der Waals surface area contributed by atoms with Gasteiger partial charge in [-0.2, -0.15) is 10.5 Å². The summed E-state index contributed by atoms with van der Waals surface area (Å²) in [7, 11) is 9.31. The van der Waals surface area contributed by atoms with E-state index in [0.29, 0.717) is 24.2 Å². The Morgan fingerprint density at radius 1 is 0.797 bits per heavy atom. The van der Waals surface area contributed by atoms with E-state index >= 15 is 0 Å². The predicted octanol–water partition coefficient (Wildman–Crippen LogP) is 5.44. The van der Waals surface area contributed by atoms with Gasteiger partial charge in [-0.25, -0.2) is 23.5 Å². The Morgan fingerprint density at radius 2 is 1.13 bits per heavy atom. The molecule has 4 N–H and O–H groups in total. The Balaban J connectivity index is -0.000000136. The van der Waals surface area contributed by atoms with Crippen LogP contribution in [0.2, 0.25) is 0 Å². The van der Waals surface area contributed by atoms with Crippen LogP contribution in [-0.2, 0) is 59.6 Å². The van der Waals surface area contributed by atoms with Crippen LogP contribution in [-0.4, -0.2) is 193 Å². The first-order valence-corrected chi connectivity index (χ1v) is 27.7. The molecule has 0 radical (unpaired) electrons. The number of phosphoric acid groups is 2. The van der Waals surface area contributed by atoms with Crippen molar-refractivity contribution in [2.45, 2.75) is 27.2 Å². The first-order chi connectivity index (χ1) is 32.1. The maximum atomic E-state index is 11.4. The second-order valence-electron chi connectivity index (χ2n) is 13.5. The molecule has 2 fully saturated rings. The Kier molecular flexibility index (Phi) is 64.8. The number of halogens is 1. The minimum absolute atomic E-state index is 0.0163. The van der Waals surface area contributed by atoms with Gasteiger partial charge in [0.1, 0.15) is 13.2 Å². The molecule has 31 heteroatoms. The number of ether oxygens (including phenoxy) is 3. The summed E-state index contributed by atoms with van der Waals surface area (Å²) in [5.74, 6) is 0. The van der Waals surface area contributed by atoms with Crippen molar-refractivity contribution >= 4 is 60.7 Å². The Labute approximate surface area is 417 Å². The van der Waals surface area contributed by atoms with Gasteiger partial charge in [-0.3, -0.25) is 27.2 Å². The Morgan fingerprint density at radius 3 is 1.41 bits per heavy atom. The Bertz CT molecular complexity index is 1490. The number of hydrogen-bond donors (Lipinski definition) is 4. The summed E-state index contributed by atoms with van der Waals surface area (Å²) in [6.45, 7) is 18.8. The molecular formula is C38H81ClN8O18P4. The number of amides is 3. The van der Waals surface area contributed by atoms with Crippen LogP contribution in [0.25, 0.3) is 0 Å². The van der Waals surface area contributed by atoms with Crippen molar-refractivity contribution in [3.05, 3.63) is 38.5 Å². The van der Waals surface area contributed by atoms with Gasteiger partial charge >= 0.3 is 33.1 Å². The molecule has 1 atom stereocenters. The number of rotatable bonds is 19. The zero-order chi connectivity index (χ0) is 55.2. The second kappa shape index (κ2) is 55.9. The third-order valence-corrected chi connectivity index (χ3v) is 9.09. The largest absolute Gasteiger partial charge is 0.756 e. The lowest BCUT2D eigenvalue weighted by Crippen LogP contribution is -2.37. The molecule has 0 aromatic carbocycles. The summed E-state index contributed by atoms with van der Waals surface area (Å²) in [6.07, 6.45) is 2.26. The van der Waals surface area contributed by atoms with Gasteiger partial charge < -0.3 is 63.5 Å². The third-order valence-electron chi connectivity index (χ3n) is 5.03. The highest BCUT2D eigenvalue weighted by Gasteiger charge is 2.31. The SMILES string of the molecule is C=COC(=O)NCCO.C=COC(=O)NCCOP(=O)([O-])OCC[N+](C)(C)C.C=COC(=O)NCCOP1(=O)OCCO1.CC#N.CC#N.CCCN(C)C.CN(C)C.CPC.O=P1(Cl)OCCO1. The van der Waals surface area contributed by atoms with Gasteiger partial charge in [0.05, 0.1) is 98.3 Å². The number of phosphoric ester groups is 2. The van der Waals surface area contributed by atoms with Gasteiger partial charge in [0.15, 0.2) is 0 Å². The molecule has 408 valence electrons. The first-order valence-electron chi connectivity index (χ1n) is 20.3. The van der Waals surface area contributed by atoms with Crippen molar-refractivity contribution in [3.8, 4) is 12.1 Å². The molecule has 2 aliphatic rings. The lowest BCUT2D eigenvalue weighted by molar-refractivity contribution is -0.870. The van der Waals surface area contributed by atoms with Gasteiger partial charge in [-0.15, -0.1) is 8.58 Å². The molecular weight excluding hydrogens is 1020 g/mol. The summed E-state index contributed by atoms with van der Waals surface area (Å²) >= 11 is 5.08. The average molecular weight is 1100 g/mol. The highest BCUT2D eigenvalue weighted by molar-refractivity contribution is 7.81. The fraction of sp³-hybridized carbons (Fsp3) is 0.711. The average Bonchev–Trinajstić information content (AvgIpc) is 3.85. The molecule has 2 heterocycles. The highest BCUT2D eigenvalue weighted by Crippen LogP contribution is 2.56. The lowest BCUT2D eigenvalue weighted by Gasteiger charge is -2.27. The van der Waals surface area contributed by atoms with Crippen LogP contribution >= 0.6 is 42.4 Å². The minimum Gasteiger partial charge on any atom is -0.756 e. The number of hydrogen-bond acceptors (Lipinski definition) is 22. The first kappa shape index (κ1) is 80.0. The molecule has 2 saturated heterocycles. The fourth-order valence-electron chi connectivity index (χ4n) is 2.78. The maximum Gasteiger partial charge on any atom is 0.475 e. The van der Waals surface area contributed by atoms with Crippen LogP contribution in [0.3, 0.4) is 0 Å². The topological polar surface area (TPSA) is 328 Å². The number of nitriles is 2. The molecule has 26 nitrogen and oxygen atoms in total. The van der Waals surface area contributed by atoms with Crippen LogP contribution < -0.4 is 20.8 Å². The molecule has 2 aliphatic heterocycles. The number of aliphatic hydroxyl groups excluding tert-OH is 1. The number of nitrogens with one attached hydrogen (secondary N) is 3. The number of carbonyl (C=O) groups excluding carboxylic acids is 3. The van der Waals surface area contributed by atoms with E-state index in [4.69, 9.17) is 40.4 Å². The van der Waals surface area contributed by atoms with Crippen LogP contribution in [0.5, 0.6) is 0 Å². The second-order valence-corrected chi connectivity index (χ2v) is 20.2.